The van der Waals surface area contributed by atoms with Gasteiger partial charge in [-0.05, 0) is 48.6 Å². The Bertz CT molecular complexity index is 950. The summed E-state index contributed by atoms with van der Waals surface area (Å²) in [6.45, 7) is 0. The lowest BCUT2D eigenvalue weighted by Crippen LogP contribution is -2.11. The Labute approximate surface area is 164 Å². The lowest BCUT2D eigenvalue weighted by molar-refractivity contribution is 0.0604. The fourth-order valence-corrected chi connectivity index (χ4v) is 3.32. The van der Waals surface area contributed by atoms with E-state index in [2.05, 4.69) is 17.1 Å². The van der Waals surface area contributed by atoms with Gasteiger partial charge < -0.3 is 9.47 Å². The normalized spacial score (nSPS) is 16.1. The van der Waals surface area contributed by atoms with Gasteiger partial charge in [0, 0.05) is 18.7 Å². The third-order valence-electron chi connectivity index (χ3n) is 4.77. The van der Waals surface area contributed by atoms with Gasteiger partial charge in [0.2, 0.25) is 5.88 Å². The molecule has 0 fully saturated rings. The summed E-state index contributed by atoms with van der Waals surface area (Å²) in [5, 5.41) is 0. The molecular formula is C24H21NO3. The Morgan fingerprint density at radius 2 is 1.68 bits per heavy atom. The molecule has 0 radical (unpaired) electrons. The molecule has 28 heavy (non-hydrogen) atoms. The standard InChI is InChI=1S/C24H21NO3/c26-24(20-14-15-23(25-17-20)27-21-11-5-2-6-12-21)28-22-13-7-10-19(16-22)18-8-3-1-4-9-18/h1-6,8-9,11-15,17,19H,7,10,16H2. The summed E-state index contributed by atoms with van der Waals surface area (Å²) in [7, 11) is 0. The number of esters is 1. The maximum Gasteiger partial charge on any atom is 0.344 e. The van der Waals surface area contributed by atoms with Crippen LogP contribution in [0.1, 0.15) is 41.1 Å². The molecule has 0 amide bonds. The first-order valence-electron chi connectivity index (χ1n) is 9.43. The minimum atomic E-state index is -0.390. The third kappa shape index (κ3) is 4.46. The summed E-state index contributed by atoms with van der Waals surface area (Å²) >= 11 is 0. The van der Waals surface area contributed by atoms with Gasteiger partial charge >= 0.3 is 5.97 Å². The van der Waals surface area contributed by atoms with Gasteiger partial charge in [-0.25, -0.2) is 9.78 Å². The van der Waals surface area contributed by atoms with Crippen molar-refractivity contribution in [3.8, 4) is 11.6 Å². The summed E-state index contributed by atoms with van der Waals surface area (Å²) < 4.78 is 11.3. The van der Waals surface area contributed by atoms with Crippen LogP contribution >= 0.6 is 0 Å². The number of carbonyl (C=O) groups excluding carboxylic acids is 1. The van der Waals surface area contributed by atoms with Crippen LogP contribution in [0.25, 0.3) is 0 Å². The van der Waals surface area contributed by atoms with E-state index in [0.717, 1.165) is 25.0 Å². The van der Waals surface area contributed by atoms with E-state index < -0.39 is 5.97 Å². The second kappa shape index (κ2) is 8.53. The summed E-state index contributed by atoms with van der Waals surface area (Å²) in [5.74, 6) is 1.86. The molecule has 4 nitrogen and oxygen atoms in total. The Morgan fingerprint density at radius 1 is 0.929 bits per heavy atom. The largest absolute Gasteiger partial charge is 0.439 e. The van der Waals surface area contributed by atoms with Crippen molar-refractivity contribution in [2.24, 2.45) is 0 Å². The Hall–Kier alpha value is -3.40. The number of ether oxygens (including phenoxy) is 2. The van der Waals surface area contributed by atoms with E-state index >= 15 is 0 Å². The van der Waals surface area contributed by atoms with Crippen molar-refractivity contribution in [1.29, 1.82) is 0 Å². The minimum Gasteiger partial charge on any atom is -0.439 e. The van der Waals surface area contributed by atoms with Crippen molar-refractivity contribution < 1.29 is 14.3 Å². The second-order valence-electron chi connectivity index (χ2n) is 6.75. The van der Waals surface area contributed by atoms with E-state index in [1.165, 1.54) is 11.8 Å². The van der Waals surface area contributed by atoms with Gasteiger partial charge in [0.1, 0.15) is 11.5 Å². The van der Waals surface area contributed by atoms with Crippen molar-refractivity contribution in [2.75, 3.05) is 0 Å². The maximum atomic E-state index is 12.5. The lowest BCUT2D eigenvalue weighted by atomic mass is 9.87. The minimum absolute atomic E-state index is 0.383. The van der Waals surface area contributed by atoms with E-state index in [1.807, 2.05) is 54.6 Å². The fourth-order valence-electron chi connectivity index (χ4n) is 3.32. The van der Waals surface area contributed by atoms with E-state index in [1.54, 1.807) is 12.1 Å². The first-order valence-corrected chi connectivity index (χ1v) is 9.43. The summed E-state index contributed by atoms with van der Waals surface area (Å²) in [5.41, 5.74) is 1.69. The number of rotatable bonds is 5. The van der Waals surface area contributed by atoms with Crippen LogP contribution in [0.2, 0.25) is 0 Å². The number of hydrogen-bond donors (Lipinski definition) is 0. The molecule has 1 aliphatic carbocycles. The number of nitrogens with zero attached hydrogens (tertiary/aromatic N) is 1. The highest BCUT2D eigenvalue weighted by molar-refractivity contribution is 5.89. The molecule has 1 aromatic heterocycles. The first-order chi connectivity index (χ1) is 13.8. The predicted molar refractivity (Wildman–Crippen MR) is 107 cm³/mol. The zero-order valence-electron chi connectivity index (χ0n) is 15.5. The molecule has 0 spiro atoms. The Balaban J connectivity index is 1.37. The number of aromatic nitrogens is 1. The van der Waals surface area contributed by atoms with Crippen molar-refractivity contribution in [2.45, 2.75) is 25.2 Å². The van der Waals surface area contributed by atoms with Gasteiger partial charge in [-0.2, -0.15) is 0 Å². The van der Waals surface area contributed by atoms with Crippen LogP contribution in [-0.4, -0.2) is 11.0 Å². The Kier molecular flexibility index (Phi) is 5.48. The molecule has 3 aromatic rings. The molecule has 0 aliphatic heterocycles. The number of allylic oxidation sites excluding steroid dienone is 2. The molecule has 0 N–H and O–H groups in total. The summed E-state index contributed by atoms with van der Waals surface area (Å²) in [6, 6.07) is 23.1. The van der Waals surface area contributed by atoms with Gasteiger partial charge in [0.25, 0.3) is 0 Å². The number of pyridine rings is 1. The number of hydrogen-bond acceptors (Lipinski definition) is 4. The quantitative estimate of drug-likeness (QED) is 0.525. The molecule has 1 atom stereocenters. The molecule has 0 bridgehead atoms. The Morgan fingerprint density at radius 3 is 2.39 bits per heavy atom. The maximum absolute atomic E-state index is 12.5. The highest BCUT2D eigenvalue weighted by Gasteiger charge is 2.20. The van der Waals surface area contributed by atoms with E-state index in [0.29, 0.717) is 23.1 Å². The molecule has 1 aliphatic rings. The average molecular weight is 371 g/mol. The van der Waals surface area contributed by atoms with Gasteiger partial charge in [-0.15, -0.1) is 0 Å². The SMILES string of the molecule is O=C(OC1=CCCC(c2ccccc2)C1)c1ccc(Oc2ccccc2)nc1. The van der Waals surface area contributed by atoms with Gasteiger partial charge in [0.05, 0.1) is 5.56 Å². The van der Waals surface area contributed by atoms with Gasteiger partial charge in [-0.3, -0.25) is 0 Å². The lowest BCUT2D eigenvalue weighted by Gasteiger charge is -2.22. The molecule has 140 valence electrons. The molecular weight excluding hydrogens is 350 g/mol. The van der Waals surface area contributed by atoms with Crippen LogP contribution in [0.3, 0.4) is 0 Å². The van der Waals surface area contributed by atoms with Crippen LogP contribution in [0, 0.1) is 0 Å². The molecule has 1 heterocycles. The van der Waals surface area contributed by atoms with Crippen LogP contribution in [0.15, 0.2) is 90.8 Å². The zero-order valence-corrected chi connectivity index (χ0v) is 15.5. The highest BCUT2D eigenvalue weighted by atomic mass is 16.5. The number of para-hydroxylation sites is 1. The third-order valence-corrected chi connectivity index (χ3v) is 4.77. The van der Waals surface area contributed by atoms with Crippen LogP contribution in [0.4, 0.5) is 0 Å². The van der Waals surface area contributed by atoms with Crippen LogP contribution in [-0.2, 0) is 4.74 Å². The second-order valence-corrected chi connectivity index (χ2v) is 6.75. The van der Waals surface area contributed by atoms with Gasteiger partial charge in [-0.1, -0.05) is 48.5 Å². The summed E-state index contributed by atoms with van der Waals surface area (Å²) in [4.78, 5) is 16.7. The van der Waals surface area contributed by atoms with Crippen molar-refractivity contribution in [3.05, 3.63) is 102 Å². The molecule has 4 heteroatoms. The van der Waals surface area contributed by atoms with Crippen LogP contribution < -0.4 is 4.74 Å². The number of benzene rings is 2. The molecule has 1 unspecified atom stereocenters. The predicted octanol–water partition coefficient (Wildman–Crippen LogP) is 5.88. The molecule has 4 rings (SSSR count). The average Bonchev–Trinajstić information content (AvgIpc) is 2.76. The molecule has 2 aromatic carbocycles. The first kappa shape index (κ1) is 18.0. The zero-order chi connectivity index (χ0) is 19.2. The van der Waals surface area contributed by atoms with Gasteiger partial charge in [0.15, 0.2) is 0 Å². The highest BCUT2D eigenvalue weighted by Crippen LogP contribution is 2.33. The number of carbonyl (C=O) groups is 1. The van der Waals surface area contributed by atoms with E-state index in [-0.39, 0.29) is 0 Å². The van der Waals surface area contributed by atoms with Crippen LogP contribution in [0.5, 0.6) is 11.6 Å². The van der Waals surface area contributed by atoms with Crippen molar-refractivity contribution >= 4 is 5.97 Å². The summed E-state index contributed by atoms with van der Waals surface area (Å²) in [6.07, 6.45) is 6.21. The molecule has 0 saturated carbocycles. The van der Waals surface area contributed by atoms with E-state index in [9.17, 15) is 4.79 Å². The molecule has 0 saturated heterocycles. The smallest absolute Gasteiger partial charge is 0.344 e. The fraction of sp³-hybridized carbons (Fsp3) is 0.167. The van der Waals surface area contributed by atoms with Crippen molar-refractivity contribution in [3.63, 3.8) is 0 Å². The van der Waals surface area contributed by atoms with E-state index in [4.69, 9.17) is 9.47 Å². The van der Waals surface area contributed by atoms with Crippen molar-refractivity contribution in [1.82, 2.24) is 4.98 Å². The monoisotopic (exact) mass is 371 g/mol. The topological polar surface area (TPSA) is 48.4 Å².